The highest BCUT2D eigenvalue weighted by Gasteiger charge is 2.13. The molecule has 0 saturated heterocycles. The third-order valence-electron chi connectivity index (χ3n) is 4.61. The summed E-state index contributed by atoms with van der Waals surface area (Å²) in [6.45, 7) is 4.98. The minimum absolute atomic E-state index is 0.409. The van der Waals surface area contributed by atoms with Crippen LogP contribution < -0.4 is 4.74 Å². The van der Waals surface area contributed by atoms with Gasteiger partial charge in [0, 0.05) is 12.0 Å². The van der Waals surface area contributed by atoms with Crippen LogP contribution in [-0.2, 0) is 13.0 Å². The van der Waals surface area contributed by atoms with Gasteiger partial charge < -0.3 is 4.74 Å². The average Bonchev–Trinajstić information content (AvgIpc) is 3.39. The summed E-state index contributed by atoms with van der Waals surface area (Å²) in [7, 11) is 1.59. The highest BCUT2D eigenvalue weighted by molar-refractivity contribution is 5.80. The Bertz CT molecular complexity index is 1070. The summed E-state index contributed by atoms with van der Waals surface area (Å²) in [5, 5.41) is 18.9. The Balaban J connectivity index is 1.60. The first kappa shape index (κ1) is 18.8. The van der Waals surface area contributed by atoms with Crippen molar-refractivity contribution >= 4 is 0 Å². The number of hydrogen-bond acceptors (Lipinski definition) is 6. The number of methoxy groups -OCH3 is 1. The van der Waals surface area contributed by atoms with Gasteiger partial charge in [0.25, 0.3) is 0 Å². The average molecular weight is 389 g/mol. The molecule has 1 N–H and O–H groups in total. The molecule has 2 aromatic heterocycles. The quantitative estimate of drug-likeness (QED) is 0.521. The lowest BCUT2D eigenvalue weighted by atomic mass is 9.98. The number of H-pyrrole nitrogens is 1. The van der Waals surface area contributed by atoms with Crippen molar-refractivity contribution < 1.29 is 4.74 Å². The van der Waals surface area contributed by atoms with Gasteiger partial charge in [-0.05, 0) is 27.8 Å². The Kier molecular flexibility index (Phi) is 5.33. The number of aromatic amines is 1. The molecule has 8 nitrogen and oxygen atoms in total. The molecule has 0 aliphatic rings. The van der Waals surface area contributed by atoms with Gasteiger partial charge in [0.2, 0.25) is 5.82 Å². The third-order valence-corrected chi connectivity index (χ3v) is 4.61. The molecule has 0 amide bonds. The number of aromatic nitrogens is 7. The second-order valence-electron chi connectivity index (χ2n) is 7.25. The number of nitrogens with zero attached hydrogens (tertiary/aromatic N) is 6. The van der Waals surface area contributed by atoms with Crippen molar-refractivity contribution in [3.05, 3.63) is 59.9 Å². The van der Waals surface area contributed by atoms with Crippen molar-refractivity contribution in [2.45, 2.75) is 26.8 Å². The first-order valence-electron chi connectivity index (χ1n) is 9.54. The number of benzene rings is 2. The normalized spacial score (nSPS) is 11.2. The number of hydrogen-bond donors (Lipinski definition) is 1. The summed E-state index contributed by atoms with van der Waals surface area (Å²) in [4.78, 5) is 4.48. The van der Waals surface area contributed by atoms with Crippen LogP contribution >= 0.6 is 0 Å². The van der Waals surface area contributed by atoms with Crippen LogP contribution in [-0.4, -0.2) is 42.5 Å². The lowest BCUT2D eigenvalue weighted by Crippen LogP contribution is -2.09. The second kappa shape index (κ2) is 8.22. The minimum Gasteiger partial charge on any atom is -0.466 e. The van der Waals surface area contributed by atoms with E-state index in [0.29, 0.717) is 24.3 Å². The van der Waals surface area contributed by atoms with E-state index in [9.17, 15) is 0 Å². The van der Waals surface area contributed by atoms with Gasteiger partial charge in [-0.25, -0.2) is 4.68 Å². The summed E-state index contributed by atoms with van der Waals surface area (Å²) in [6.07, 6.45) is 0.854. The maximum absolute atomic E-state index is 5.22. The SMILES string of the molecule is COc1nc(CC(C)C)n(Cc2ccc(-c3ccccc3-c3nn[nH]n3)cc2)n1. The van der Waals surface area contributed by atoms with E-state index in [1.54, 1.807) is 7.11 Å². The van der Waals surface area contributed by atoms with Gasteiger partial charge in [-0.2, -0.15) is 10.2 Å². The number of ether oxygens (including phenoxy) is 1. The summed E-state index contributed by atoms with van der Waals surface area (Å²) in [5.74, 6) is 2.01. The molecule has 0 aliphatic carbocycles. The molecule has 0 saturated carbocycles. The van der Waals surface area contributed by atoms with Crippen LogP contribution in [0.4, 0.5) is 0 Å². The standard InChI is InChI=1S/C21H23N7O/c1-14(2)12-19-22-21(29-3)25-28(19)13-15-8-10-16(11-9-15)17-6-4-5-7-18(17)20-23-26-27-24-20/h4-11,14H,12-13H2,1-3H3,(H,23,24,26,27). The molecule has 0 radical (unpaired) electrons. The maximum atomic E-state index is 5.22. The molecule has 0 atom stereocenters. The summed E-state index contributed by atoms with van der Waals surface area (Å²) in [5.41, 5.74) is 4.23. The zero-order valence-corrected chi connectivity index (χ0v) is 16.7. The Labute approximate surface area is 169 Å². The second-order valence-corrected chi connectivity index (χ2v) is 7.25. The monoisotopic (exact) mass is 389 g/mol. The van der Waals surface area contributed by atoms with Crippen molar-refractivity contribution in [2.24, 2.45) is 5.92 Å². The Morgan fingerprint density at radius 1 is 1.03 bits per heavy atom. The van der Waals surface area contributed by atoms with Crippen LogP contribution in [0, 0.1) is 5.92 Å². The number of rotatable bonds is 7. The van der Waals surface area contributed by atoms with Gasteiger partial charge in [-0.1, -0.05) is 62.4 Å². The largest absolute Gasteiger partial charge is 0.466 e. The topological polar surface area (TPSA) is 94.4 Å². The molecule has 0 bridgehead atoms. The fourth-order valence-corrected chi connectivity index (χ4v) is 3.25. The fourth-order valence-electron chi connectivity index (χ4n) is 3.25. The van der Waals surface area contributed by atoms with Gasteiger partial charge in [0.05, 0.1) is 13.7 Å². The molecule has 8 heteroatoms. The van der Waals surface area contributed by atoms with E-state index in [-0.39, 0.29) is 0 Å². The highest BCUT2D eigenvalue weighted by atomic mass is 16.5. The first-order valence-corrected chi connectivity index (χ1v) is 9.54. The summed E-state index contributed by atoms with van der Waals surface area (Å²) in [6, 6.07) is 16.9. The minimum atomic E-state index is 0.409. The van der Waals surface area contributed by atoms with Crippen molar-refractivity contribution in [3.8, 4) is 28.5 Å². The molecule has 2 aromatic carbocycles. The Morgan fingerprint density at radius 3 is 2.45 bits per heavy atom. The van der Waals surface area contributed by atoms with E-state index in [0.717, 1.165) is 34.5 Å². The third kappa shape index (κ3) is 4.16. The van der Waals surface area contributed by atoms with Crippen LogP contribution in [0.15, 0.2) is 48.5 Å². The van der Waals surface area contributed by atoms with Gasteiger partial charge in [-0.15, -0.1) is 15.3 Å². The molecular weight excluding hydrogens is 366 g/mol. The maximum Gasteiger partial charge on any atom is 0.335 e. The zero-order valence-electron chi connectivity index (χ0n) is 16.7. The molecule has 2 heterocycles. The van der Waals surface area contributed by atoms with Crippen LogP contribution in [0.2, 0.25) is 0 Å². The molecule has 4 rings (SSSR count). The van der Waals surface area contributed by atoms with E-state index in [4.69, 9.17) is 4.74 Å². The molecule has 0 fully saturated rings. The smallest absolute Gasteiger partial charge is 0.335 e. The van der Waals surface area contributed by atoms with Crippen LogP contribution in [0.25, 0.3) is 22.5 Å². The van der Waals surface area contributed by atoms with Crippen molar-refractivity contribution in [3.63, 3.8) is 0 Å². The van der Waals surface area contributed by atoms with Crippen molar-refractivity contribution in [1.29, 1.82) is 0 Å². The predicted molar refractivity (Wildman–Crippen MR) is 109 cm³/mol. The lowest BCUT2D eigenvalue weighted by molar-refractivity contribution is 0.377. The molecule has 0 aliphatic heterocycles. The number of tetrazole rings is 1. The van der Waals surface area contributed by atoms with Gasteiger partial charge in [0.15, 0.2) is 0 Å². The molecule has 148 valence electrons. The highest BCUT2D eigenvalue weighted by Crippen LogP contribution is 2.29. The van der Waals surface area contributed by atoms with Gasteiger partial charge >= 0.3 is 6.01 Å². The molecule has 29 heavy (non-hydrogen) atoms. The van der Waals surface area contributed by atoms with Crippen molar-refractivity contribution in [1.82, 2.24) is 35.4 Å². The zero-order chi connectivity index (χ0) is 20.2. The Morgan fingerprint density at radius 2 is 1.79 bits per heavy atom. The van der Waals surface area contributed by atoms with Crippen LogP contribution in [0.5, 0.6) is 6.01 Å². The van der Waals surface area contributed by atoms with Gasteiger partial charge in [0.1, 0.15) is 5.82 Å². The Hall–Kier alpha value is -3.55. The number of nitrogens with one attached hydrogen (secondary N) is 1. The molecular formula is C21H23N7O. The van der Waals surface area contributed by atoms with Crippen LogP contribution in [0.1, 0.15) is 25.2 Å². The van der Waals surface area contributed by atoms with E-state index >= 15 is 0 Å². The fraction of sp³-hybridized carbons (Fsp3) is 0.286. The van der Waals surface area contributed by atoms with Crippen molar-refractivity contribution in [2.75, 3.05) is 7.11 Å². The molecule has 0 spiro atoms. The first-order chi connectivity index (χ1) is 14.1. The van der Waals surface area contributed by atoms with E-state index < -0.39 is 0 Å². The summed E-state index contributed by atoms with van der Waals surface area (Å²) >= 11 is 0. The van der Waals surface area contributed by atoms with Crippen LogP contribution in [0.3, 0.4) is 0 Å². The predicted octanol–water partition coefficient (Wildman–Crippen LogP) is 3.38. The summed E-state index contributed by atoms with van der Waals surface area (Å²) < 4.78 is 7.14. The van der Waals surface area contributed by atoms with E-state index in [1.807, 2.05) is 22.9 Å². The van der Waals surface area contributed by atoms with E-state index in [2.05, 4.69) is 74.9 Å². The lowest BCUT2D eigenvalue weighted by Gasteiger charge is -2.10. The van der Waals surface area contributed by atoms with Gasteiger partial charge in [-0.3, -0.25) is 0 Å². The van der Waals surface area contributed by atoms with E-state index in [1.165, 1.54) is 0 Å². The molecule has 0 unspecified atom stereocenters. The molecule has 4 aromatic rings.